The molecule has 1 heteroatoms. The Hall–Kier alpha value is 0.730. The van der Waals surface area contributed by atoms with E-state index in [2.05, 4.69) is 22.6 Å². The van der Waals surface area contributed by atoms with Crippen molar-refractivity contribution in [3.8, 4) is 0 Å². The molecule has 0 amide bonds. The largest absolute Gasteiger partial charge is 0.0861 e. The van der Waals surface area contributed by atoms with E-state index >= 15 is 0 Å². The van der Waals surface area contributed by atoms with Crippen LogP contribution in [0.4, 0.5) is 0 Å². The molecule has 2 rings (SSSR count). The average Bonchev–Trinajstić information content (AvgIpc) is 2.45. The molecule has 0 aromatic carbocycles. The van der Waals surface area contributed by atoms with Crippen molar-refractivity contribution in [2.24, 2.45) is 17.8 Å². The van der Waals surface area contributed by atoms with E-state index in [4.69, 9.17) is 0 Å². The molecule has 0 aliphatic heterocycles. The molecule has 2 saturated carbocycles. The summed E-state index contributed by atoms with van der Waals surface area (Å²) < 4.78 is 1.42. The average molecular weight is 236 g/mol. The minimum absolute atomic E-state index is 1.12. The van der Waals surface area contributed by atoms with Gasteiger partial charge in [0.05, 0.1) is 0 Å². The quantitative estimate of drug-likeness (QED) is 0.485. The summed E-state index contributed by atoms with van der Waals surface area (Å²) in [7, 11) is 0. The third-order valence-electron chi connectivity index (χ3n) is 3.08. The first-order chi connectivity index (χ1) is 4.40. The van der Waals surface area contributed by atoms with Crippen molar-refractivity contribution >= 4 is 22.6 Å². The van der Waals surface area contributed by atoms with Crippen LogP contribution in [0.5, 0.6) is 0 Å². The minimum atomic E-state index is 1.12. The maximum absolute atomic E-state index is 2.55. The van der Waals surface area contributed by atoms with Crippen LogP contribution < -0.4 is 0 Å². The van der Waals surface area contributed by atoms with Crippen molar-refractivity contribution in [2.75, 3.05) is 4.43 Å². The van der Waals surface area contributed by atoms with Crippen LogP contribution >= 0.6 is 22.6 Å². The second-order valence-electron chi connectivity index (χ2n) is 3.59. The van der Waals surface area contributed by atoms with E-state index in [1.807, 2.05) is 0 Å². The van der Waals surface area contributed by atoms with Crippen LogP contribution in [-0.4, -0.2) is 4.43 Å². The first-order valence-electron chi connectivity index (χ1n) is 3.96. The molecule has 2 aliphatic rings. The molecule has 2 fully saturated rings. The molecule has 9 heavy (non-hydrogen) atoms. The van der Waals surface area contributed by atoms with Crippen LogP contribution in [0.3, 0.4) is 0 Å². The van der Waals surface area contributed by atoms with Gasteiger partial charge in [-0.1, -0.05) is 29.0 Å². The lowest BCUT2D eigenvalue weighted by Crippen LogP contribution is -2.10. The van der Waals surface area contributed by atoms with Gasteiger partial charge in [-0.05, 0) is 37.0 Å². The molecular weight excluding hydrogens is 223 g/mol. The van der Waals surface area contributed by atoms with E-state index in [-0.39, 0.29) is 0 Å². The van der Waals surface area contributed by atoms with Crippen molar-refractivity contribution in [3.63, 3.8) is 0 Å². The molecule has 0 spiro atoms. The molecule has 0 aromatic heterocycles. The summed E-state index contributed by atoms with van der Waals surface area (Å²) in [6, 6.07) is 0. The van der Waals surface area contributed by atoms with Gasteiger partial charge in [-0.2, -0.15) is 0 Å². The molecule has 0 heterocycles. The lowest BCUT2D eigenvalue weighted by Gasteiger charge is -2.18. The summed E-state index contributed by atoms with van der Waals surface area (Å²) in [4.78, 5) is 0. The van der Waals surface area contributed by atoms with Gasteiger partial charge in [0.1, 0.15) is 0 Å². The topological polar surface area (TPSA) is 0 Å². The number of halogens is 1. The van der Waals surface area contributed by atoms with Crippen molar-refractivity contribution in [3.05, 3.63) is 0 Å². The Bertz CT molecular complexity index is 111. The van der Waals surface area contributed by atoms with Gasteiger partial charge in [0.2, 0.25) is 0 Å². The van der Waals surface area contributed by atoms with Gasteiger partial charge in [-0.25, -0.2) is 0 Å². The highest BCUT2D eigenvalue weighted by molar-refractivity contribution is 14.1. The molecular formula is C8H13I. The highest BCUT2D eigenvalue weighted by atomic mass is 127. The Labute approximate surface area is 70.5 Å². The van der Waals surface area contributed by atoms with Gasteiger partial charge >= 0.3 is 0 Å². The second kappa shape index (κ2) is 2.40. The van der Waals surface area contributed by atoms with Gasteiger partial charge in [0.15, 0.2) is 0 Å². The van der Waals surface area contributed by atoms with Crippen molar-refractivity contribution in [1.82, 2.24) is 0 Å². The summed E-state index contributed by atoms with van der Waals surface area (Å²) in [5.41, 5.74) is 0. The molecule has 2 bridgehead atoms. The van der Waals surface area contributed by atoms with Gasteiger partial charge in [-0.3, -0.25) is 0 Å². The molecule has 0 aromatic rings. The van der Waals surface area contributed by atoms with Crippen molar-refractivity contribution < 1.29 is 0 Å². The molecule has 0 unspecified atom stereocenters. The third-order valence-corrected chi connectivity index (χ3v) is 4.21. The van der Waals surface area contributed by atoms with Gasteiger partial charge < -0.3 is 0 Å². The van der Waals surface area contributed by atoms with Crippen LogP contribution in [0, 0.1) is 17.8 Å². The fraction of sp³-hybridized carbons (Fsp3) is 1.00. The SMILES string of the molecule is IC[C@H]1C[C@@H]2CC[C@@H]1C2. The summed E-state index contributed by atoms with van der Waals surface area (Å²) in [5.74, 6) is 3.41. The summed E-state index contributed by atoms with van der Waals surface area (Å²) in [6.45, 7) is 0. The standard InChI is InChI=1S/C8H13I/c9-5-8-4-6-1-2-7(8)3-6/h6-8H,1-5H2/t6-,7-,8-/m1/s1. The molecule has 52 valence electrons. The number of alkyl halides is 1. The van der Waals surface area contributed by atoms with Crippen molar-refractivity contribution in [1.29, 1.82) is 0 Å². The predicted molar refractivity (Wildman–Crippen MR) is 47.8 cm³/mol. The van der Waals surface area contributed by atoms with Crippen LogP contribution in [0.15, 0.2) is 0 Å². The van der Waals surface area contributed by atoms with Crippen LogP contribution in [0.2, 0.25) is 0 Å². The van der Waals surface area contributed by atoms with E-state index in [0.717, 1.165) is 17.8 Å². The summed E-state index contributed by atoms with van der Waals surface area (Å²) in [5, 5.41) is 0. The highest BCUT2D eigenvalue weighted by Crippen LogP contribution is 2.48. The van der Waals surface area contributed by atoms with Crippen LogP contribution in [0.1, 0.15) is 25.7 Å². The Balaban J connectivity index is 2.01. The predicted octanol–water partition coefficient (Wildman–Crippen LogP) is 2.86. The number of rotatable bonds is 1. The second-order valence-corrected chi connectivity index (χ2v) is 4.47. The number of fused-ring (bicyclic) bond motifs is 2. The Morgan fingerprint density at radius 2 is 2.11 bits per heavy atom. The summed E-state index contributed by atoms with van der Waals surface area (Å²) in [6.07, 6.45) is 6.25. The molecule has 0 N–H and O–H groups in total. The fourth-order valence-corrected chi connectivity index (χ4v) is 3.64. The smallest absolute Gasteiger partial charge is 0.00264 e. The maximum atomic E-state index is 2.55. The molecule has 0 radical (unpaired) electrons. The normalized spacial score (nSPS) is 48.3. The monoisotopic (exact) mass is 236 g/mol. The van der Waals surface area contributed by atoms with Gasteiger partial charge in [0.25, 0.3) is 0 Å². The highest BCUT2D eigenvalue weighted by Gasteiger charge is 2.38. The zero-order valence-corrected chi connectivity index (χ0v) is 7.80. The number of hydrogen-bond acceptors (Lipinski definition) is 0. The zero-order valence-electron chi connectivity index (χ0n) is 5.65. The van der Waals surface area contributed by atoms with E-state index in [0.29, 0.717) is 0 Å². The lowest BCUT2D eigenvalue weighted by atomic mass is 9.91. The molecule has 3 atom stereocenters. The minimum Gasteiger partial charge on any atom is -0.0861 e. The van der Waals surface area contributed by atoms with Crippen LogP contribution in [-0.2, 0) is 0 Å². The Morgan fingerprint density at radius 1 is 1.22 bits per heavy atom. The lowest BCUT2D eigenvalue weighted by molar-refractivity contribution is 0.369. The third kappa shape index (κ3) is 1.02. The van der Waals surface area contributed by atoms with E-state index in [9.17, 15) is 0 Å². The molecule has 0 nitrogen and oxygen atoms in total. The Kier molecular flexibility index (Phi) is 1.72. The number of hydrogen-bond donors (Lipinski definition) is 0. The fourth-order valence-electron chi connectivity index (χ4n) is 2.57. The first kappa shape index (κ1) is 6.44. The van der Waals surface area contributed by atoms with Crippen molar-refractivity contribution in [2.45, 2.75) is 25.7 Å². The van der Waals surface area contributed by atoms with E-state index in [1.165, 1.54) is 4.43 Å². The van der Waals surface area contributed by atoms with Crippen LogP contribution in [0.25, 0.3) is 0 Å². The maximum Gasteiger partial charge on any atom is 0.00264 e. The molecule has 2 aliphatic carbocycles. The molecule has 0 saturated heterocycles. The zero-order chi connectivity index (χ0) is 6.27. The summed E-state index contributed by atoms with van der Waals surface area (Å²) >= 11 is 2.55. The van der Waals surface area contributed by atoms with Gasteiger partial charge in [-0.15, -0.1) is 0 Å². The van der Waals surface area contributed by atoms with E-state index < -0.39 is 0 Å². The van der Waals surface area contributed by atoms with Gasteiger partial charge in [0, 0.05) is 4.43 Å². The Morgan fingerprint density at radius 3 is 2.44 bits per heavy atom. The first-order valence-corrected chi connectivity index (χ1v) is 5.48. The van der Waals surface area contributed by atoms with E-state index in [1.54, 1.807) is 25.7 Å².